The van der Waals surface area contributed by atoms with Crippen molar-refractivity contribution >= 4 is 29.2 Å². The SMILES string of the molecule is COc1ccc([N+](=O)[O-])cc1NC(=O)C(C)OC(=O)CC(NC(=O)c1ccccc1)c1ccccc1. The van der Waals surface area contributed by atoms with E-state index in [1.54, 1.807) is 54.6 Å². The summed E-state index contributed by atoms with van der Waals surface area (Å²) in [6, 6.07) is 20.5. The van der Waals surface area contributed by atoms with Crippen LogP contribution >= 0.6 is 0 Å². The van der Waals surface area contributed by atoms with E-state index in [0.29, 0.717) is 11.1 Å². The summed E-state index contributed by atoms with van der Waals surface area (Å²) in [5, 5.41) is 16.4. The van der Waals surface area contributed by atoms with E-state index in [-0.39, 0.29) is 29.5 Å². The zero-order valence-corrected chi connectivity index (χ0v) is 19.7. The number of amides is 2. The first-order valence-electron chi connectivity index (χ1n) is 11.0. The first-order chi connectivity index (χ1) is 17.3. The number of ether oxygens (including phenoxy) is 2. The van der Waals surface area contributed by atoms with E-state index in [2.05, 4.69) is 10.6 Å². The molecule has 0 bridgehead atoms. The Morgan fingerprint density at radius 3 is 2.22 bits per heavy atom. The molecule has 2 unspecified atom stereocenters. The van der Waals surface area contributed by atoms with Gasteiger partial charge in [0.1, 0.15) is 5.75 Å². The van der Waals surface area contributed by atoms with Gasteiger partial charge in [-0.2, -0.15) is 0 Å². The lowest BCUT2D eigenvalue weighted by atomic mass is 10.0. The number of nitro groups is 1. The quantitative estimate of drug-likeness (QED) is 0.248. The lowest BCUT2D eigenvalue weighted by Gasteiger charge is -2.20. The molecule has 10 heteroatoms. The zero-order valence-electron chi connectivity index (χ0n) is 19.7. The number of esters is 1. The number of non-ortho nitro benzene ring substituents is 1. The van der Waals surface area contributed by atoms with E-state index in [1.165, 1.54) is 26.2 Å². The van der Waals surface area contributed by atoms with E-state index in [1.807, 2.05) is 6.07 Å². The summed E-state index contributed by atoms with van der Waals surface area (Å²) in [7, 11) is 1.35. The van der Waals surface area contributed by atoms with Crippen LogP contribution in [-0.2, 0) is 14.3 Å². The number of rotatable bonds is 10. The van der Waals surface area contributed by atoms with Crippen molar-refractivity contribution < 1.29 is 28.8 Å². The summed E-state index contributed by atoms with van der Waals surface area (Å²) < 4.78 is 10.4. The van der Waals surface area contributed by atoms with E-state index in [0.717, 1.165) is 6.07 Å². The highest BCUT2D eigenvalue weighted by Gasteiger charge is 2.24. The highest BCUT2D eigenvalue weighted by molar-refractivity contribution is 5.97. The van der Waals surface area contributed by atoms with Crippen LogP contribution in [0, 0.1) is 10.1 Å². The van der Waals surface area contributed by atoms with Gasteiger partial charge < -0.3 is 20.1 Å². The maximum absolute atomic E-state index is 12.7. The van der Waals surface area contributed by atoms with Gasteiger partial charge in [-0.15, -0.1) is 0 Å². The minimum Gasteiger partial charge on any atom is -0.495 e. The predicted octanol–water partition coefficient (Wildman–Crippen LogP) is 4.04. The molecule has 2 amide bonds. The number of nitrogens with one attached hydrogen (secondary N) is 2. The van der Waals surface area contributed by atoms with Crippen molar-refractivity contribution in [2.45, 2.75) is 25.5 Å². The molecule has 3 rings (SSSR count). The van der Waals surface area contributed by atoms with Gasteiger partial charge in [-0.1, -0.05) is 48.5 Å². The van der Waals surface area contributed by atoms with Crippen LogP contribution in [0.4, 0.5) is 11.4 Å². The minimum atomic E-state index is -1.22. The lowest BCUT2D eigenvalue weighted by Crippen LogP contribution is -2.34. The van der Waals surface area contributed by atoms with Gasteiger partial charge in [0.25, 0.3) is 17.5 Å². The molecule has 36 heavy (non-hydrogen) atoms. The van der Waals surface area contributed by atoms with Gasteiger partial charge in [-0.05, 0) is 30.7 Å². The van der Waals surface area contributed by atoms with Crippen LogP contribution in [0.25, 0.3) is 0 Å². The zero-order chi connectivity index (χ0) is 26.1. The number of hydrogen-bond donors (Lipinski definition) is 2. The summed E-state index contributed by atoms with van der Waals surface area (Å²) in [6.07, 6.45) is -1.44. The molecule has 0 heterocycles. The van der Waals surface area contributed by atoms with Crippen LogP contribution in [0.1, 0.15) is 35.3 Å². The second-order valence-corrected chi connectivity index (χ2v) is 7.77. The molecule has 0 saturated heterocycles. The summed E-state index contributed by atoms with van der Waals surface area (Å²) >= 11 is 0. The first kappa shape index (κ1) is 25.9. The molecule has 0 saturated carbocycles. The van der Waals surface area contributed by atoms with Gasteiger partial charge in [-0.25, -0.2) is 0 Å². The number of carbonyl (C=O) groups excluding carboxylic acids is 3. The van der Waals surface area contributed by atoms with Gasteiger partial charge in [0, 0.05) is 17.7 Å². The van der Waals surface area contributed by atoms with Gasteiger partial charge in [0.15, 0.2) is 6.10 Å². The Hall–Kier alpha value is -4.73. The molecule has 0 fully saturated rings. The molecule has 0 aromatic heterocycles. The molecular formula is C26H25N3O7. The molecule has 2 atom stereocenters. The third-order valence-electron chi connectivity index (χ3n) is 5.24. The highest BCUT2D eigenvalue weighted by Crippen LogP contribution is 2.29. The molecule has 0 aliphatic heterocycles. The maximum atomic E-state index is 12.7. The standard InChI is InChI=1S/C26H25N3O7/c1-17(25(31)28-22-15-20(29(33)34)13-14-23(22)35-2)36-24(30)16-21(18-9-5-3-6-10-18)27-26(32)19-11-7-4-8-12-19/h3-15,17,21H,16H2,1-2H3,(H,27,32)(H,28,31). The number of methoxy groups -OCH3 is 1. The highest BCUT2D eigenvalue weighted by atomic mass is 16.6. The molecular weight excluding hydrogens is 466 g/mol. The number of benzene rings is 3. The first-order valence-corrected chi connectivity index (χ1v) is 11.0. The monoisotopic (exact) mass is 491 g/mol. The van der Waals surface area contributed by atoms with E-state index < -0.39 is 28.9 Å². The molecule has 3 aromatic rings. The van der Waals surface area contributed by atoms with Crippen molar-refractivity contribution in [2.75, 3.05) is 12.4 Å². The van der Waals surface area contributed by atoms with Gasteiger partial charge >= 0.3 is 5.97 Å². The minimum absolute atomic E-state index is 0.0666. The van der Waals surface area contributed by atoms with Crippen molar-refractivity contribution in [3.05, 3.63) is 100 Å². The predicted molar refractivity (Wildman–Crippen MR) is 132 cm³/mol. The smallest absolute Gasteiger partial charge is 0.309 e. The molecule has 0 radical (unpaired) electrons. The number of nitro benzene ring substituents is 1. The Balaban J connectivity index is 1.68. The van der Waals surface area contributed by atoms with Crippen molar-refractivity contribution in [3.63, 3.8) is 0 Å². The molecule has 186 valence electrons. The second-order valence-electron chi connectivity index (χ2n) is 7.77. The topological polar surface area (TPSA) is 137 Å². The van der Waals surface area contributed by atoms with Crippen molar-refractivity contribution in [1.29, 1.82) is 0 Å². The summed E-state index contributed by atoms with van der Waals surface area (Å²) in [5.41, 5.74) is 0.954. The normalized spacial score (nSPS) is 12.1. The fraction of sp³-hybridized carbons (Fsp3) is 0.192. The van der Waals surface area contributed by atoms with Crippen LogP contribution in [0.5, 0.6) is 5.75 Å². The lowest BCUT2D eigenvalue weighted by molar-refractivity contribution is -0.384. The second kappa shape index (κ2) is 12.1. The van der Waals surface area contributed by atoms with Crippen LogP contribution in [-0.4, -0.2) is 35.9 Å². The van der Waals surface area contributed by atoms with Crippen molar-refractivity contribution in [1.82, 2.24) is 5.32 Å². The molecule has 10 nitrogen and oxygen atoms in total. The molecule has 0 aliphatic carbocycles. The Labute approximate surface area is 207 Å². The molecule has 0 spiro atoms. The van der Waals surface area contributed by atoms with Gasteiger partial charge in [-0.3, -0.25) is 24.5 Å². The summed E-state index contributed by atoms with van der Waals surface area (Å²) in [4.78, 5) is 48.5. The van der Waals surface area contributed by atoms with Crippen LogP contribution < -0.4 is 15.4 Å². The fourth-order valence-corrected chi connectivity index (χ4v) is 3.38. The Bertz CT molecular complexity index is 1230. The van der Waals surface area contributed by atoms with Crippen LogP contribution in [0.15, 0.2) is 78.9 Å². The van der Waals surface area contributed by atoms with Crippen LogP contribution in [0.3, 0.4) is 0 Å². The van der Waals surface area contributed by atoms with E-state index in [9.17, 15) is 24.5 Å². The summed E-state index contributed by atoms with van der Waals surface area (Å²) in [6.45, 7) is 1.37. The fourth-order valence-electron chi connectivity index (χ4n) is 3.38. The molecule has 0 aliphatic rings. The van der Waals surface area contributed by atoms with Crippen LogP contribution in [0.2, 0.25) is 0 Å². The maximum Gasteiger partial charge on any atom is 0.309 e. The van der Waals surface area contributed by atoms with Crippen molar-refractivity contribution in [3.8, 4) is 5.75 Å². The Morgan fingerprint density at radius 2 is 1.61 bits per heavy atom. The largest absolute Gasteiger partial charge is 0.495 e. The number of nitrogens with zero attached hydrogens (tertiary/aromatic N) is 1. The third-order valence-corrected chi connectivity index (χ3v) is 5.24. The van der Waals surface area contributed by atoms with Gasteiger partial charge in [0.05, 0.1) is 30.2 Å². The average Bonchev–Trinajstić information content (AvgIpc) is 2.89. The van der Waals surface area contributed by atoms with E-state index >= 15 is 0 Å². The summed E-state index contributed by atoms with van der Waals surface area (Å²) in [5.74, 6) is -1.57. The third kappa shape index (κ3) is 6.89. The molecule has 3 aromatic carbocycles. The number of carbonyl (C=O) groups is 3. The Kier molecular flexibility index (Phi) is 8.71. The average molecular weight is 492 g/mol. The van der Waals surface area contributed by atoms with Crippen molar-refractivity contribution in [2.24, 2.45) is 0 Å². The van der Waals surface area contributed by atoms with E-state index in [4.69, 9.17) is 9.47 Å². The number of anilines is 1. The number of hydrogen-bond acceptors (Lipinski definition) is 7. The van der Waals surface area contributed by atoms with Gasteiger partial charge in [0.2, 0.25) is 0 Å². The Morgan fingerprint density at radius 1 is 0.972 bits per heavy atom. The molecule has 2 N–H and O–H groups in total.